The molecule has 0 saturated heterocycles. The van der Waals surface area contributed by atoms with Crippen LogP contribution < -0.4 is 5.73 Å². The molecule has 3 heteroatoms. The van der Waals surface area contributed by atoms with Crippen LogP contribution in [-0.4, -0.2) is 5.91 Å². The normalized spacial score (nSPS) is 9.64. The molecule has 1 aromatic rings. The van der Waals surface area contributed by atoms with Gasteiger partial charge in [-0.3, -0.25) is 4.79 Å². The summed E-state index contributed by atoms with van der Waals surface area (Å²) in [6.45, 7) is 1.93. The molecule has 58 valence electrons. The van der Waals surface area contributed by atoms with Gasteiger partial charge in [-0.25, -0.2) is 0 Å². The van der Waals surface area contributed by atoms with Crippen molar-refractivity contribution in [1.29, 1.82) is 0 Å². The fourth-order valence-electron chi connectivity index (χ4n) is 0.828. The Bertz CT molecular complexity index is 296. The highest BCUT2D eigenvalue weighted by Crippen LogP contribution is 2.12. The molecule has 0 radical (unpaired) electrons. The van der Waals surface area contributed by atoms with Gasteiger partial charge < -0.3 is 5.73 Å². The molecule has 1 amide bonds. The first-order valence-electron chi connectivity index (χ1n) is 3.17. The number of carbonyl (C=O) groups excluding carboxylic acids is 1. The molecule has 0 unspecified atom stereocenters. The third kappa shape index (κ3) is 1.92. The van der Waals surface area contributed by atoms with Crippen molar-refractivity contribution >= 4 is 28.5 Å². The van der Waals surface area contributed by atoms with Gasteiger partial charge in [0.1, 0.15) is 0 Å². The number of primary amides is 1. The molecular formula is C8H8INO. The van der Waals surface area contributed by atoms with Crippen LogP contribution in [0.2, 0.25) is 0 Å². The molecular weight excluding hydrogens is 253 g/mol. The van der Waals surface area contributed by atoms with Crippen molar-refractivity contribution in [2.45, 2.75) is 6.92 Å². The van der Waals surface area contributed by atoms with Crippen molar-refractivity contribution in [3.63, 3.8) is 0 Å². The molecule has 2 N–H and O–H groups in total. The predicted octanol–water partition coefficient (Wildman–Crippen LogP) is 1.70. The van der Waals surface area contributed by atoms with Gasteiger partial charge in [-0.1, -0.05) is 11.6 Å². The lowest BCUT2D eigenvalue weighted by Crippen LogP contribution is -2.12. The summed E-state index contributed by atoms with van der Waals surface area (Å²) in [6.07, 6.45) is 0. The van der Waals surface area contributed by atoms with E-state index < -0.39 is 0 Å². The number of benzene rings is 1. The summed E-state index contributed by atoms with van der Waals surface area (Å²) >= 11 is 2.09. The van der Waals surface area contributed by atoms with Gasteiger partial charge in [0.05, 0.1) is 5.56 Å². The van der Waals surface area contributed by atoms with E-state index in [1.54, 1.807) is 6.07 Å². The van der Waals surface area contributed by atoms with Gasteiger partial charge >= 0.3 is 0 Å². The largest absolute Gasteiger partial charge is 0.366 e. The van der Waals surface area contributed by atoms with Gasteiger partial charge in [-0.2, -0.15) is 0 Å². The molecule has 0 aromatic heterocycles. The molecule has 1 aromatic carbocycles. The molecule has 0 fully saturated rings. The number of aryl methyl sites for hydroxylation is 1. The highest BCUT2D eigenvalue weighted by molar-refractivity contribution is 14.1. The van der Waals surface area contributed by atoms with Crippen molar-refractivity contribution < 1.29 is 4.79 Å². The van der Waals surface area contributed by atoms with Gasteiger partial charge in [-0.05, 0) is 41.6 Å². The zero-order valence-corrected chi connectivity index (χ0v) is 8.25. The van der Waals surface area contributed by atoms with Crippen LogP contribution in [0, 0.1) is 10.5 Å². The molecule has 0 spiro atoms. The van der Waals surface area contributed by atoms with E-state index >= 15 is 0 Å². The van der Waals surface area contributed by atoms with Crippen LogP contribution in [0.1, 0.15) is 15.9 Å². The first kappa shape index (κ1) is 8.52. The fraction of sp³-hybridized carbons (Fsp3) is 0.125. The Morgan fingerprint density at radius 2 is 2.18 bits per heavy atom. The average molecular weight is 261 g/mol. The van der Waals surface area contributed by atoms with Crippen LogP contribution in [0.3, 0.4) is 0 Å². The number of nitrogens with two attached hydrogens (primary N) is 1. The minimum absolute atomic E-state index is 0.363. The summed E-state index contributed by atoms with van der Waals surface area (Å²) in [7, 11) is 0. The number of hydrogen-bond donors (Lipinski definition) is 1. The molecule has 1 rings (SSSR count). The Morgan fingerprint density at radius 1 is 1.55 bits per heavy atom. The minimum atomic E-state index is -0.363. The second-order valence-electron chi connectivity index (χ2n) is 2.35. The van der Waals surface area contributed by atoms with E-state index in [-0.39, 0.29) is 5.91 Å². The summed E-state index contributed by atoms with van der Waals surface area (Å²) in [5.41, 5.74) is 6.80. The van der Waals surface area contributed by atoms with Crippen molar-refractivity contribution in [3.05, 3.63) is 32.9 Å². The lowest BCUT2D eigenvalue weighted by molar-refractivity contribution is 0.0999. The Balaban J connectivity index is 3.23. The standard InChI is InChI=1S/C8H8INO/c1-5-2-3-7(9)6(4-5)8(10)11/h2-4H,1H3,(H2,10,11). The van der Waals surface area contributed by atoms with E-state index in [1.807, 2.05) is 19.1 Å². The van der Waals surface area contributed by atoms with Crippen molar-refractivity contribution in [2.75, 3.05) is 0 Å². The number of rotatable bonds is 1. The Kier molecular flexibility index (Phi) is 2.49. The van der Waals surface area contributed by atoms with Crippen LogP contribution in [0.15, 0.2) is 18.2 Å². The lowest BCUT2D eigenvalue weighted by Gasteiger charge is -1.99. The van der Waals surface area contributed by atoms with E-state index in [0.29, 0.717) is 5.56 Å². The van der Waals surface area contributed by atoms with E-state index in [2.05, 4.69) is 22.6 Å². The summed E-state index contributed by atoms with van der Waals surface area (Å²) in [4.78, 5) is 10.8. The van der Waals surface area contributed by atoms with Crippen molar-refractivity contribution in [1.82, 2.24) is 0 Å². The molecule has 0 heterocycles. The summed E-state index contributed by atoms with van der Waals surface area (Å²) in [5.74, 6) is -0.363. The Hall–Kier alpha value is -0.580. The number of amides is 1. The predicted molar refractivity (Wildman–Crippen MR) is 52.4 cm³/mol. The molecule has 0 saturated carbocycles. The minimum Gasteiger partial charge on any atom is -0.366 e. The molecule has 0 aliphatic carbocycles. The van der Waals surface area contributed by atoms with Crippen LogP contribution in [0.25, 0.3) is 0 Å². The highest BCUT2D eigenvalue weighted by atomic mass is 127. The van der Waals surface area contributed by atoms with Gasteiger partial charge in [-0.15, -0.1) is 0 Å². The fourth-order valence-corrected chi connectivity index (χ4v) is 1.43. The maximum absolute atomic E-state index is 10.8. The second kappa shape index (κ2) is 3.21. The highest BCUT2D eigenvalue weighted by Gasteiger charge is 2.04. The van der Waals surface area contributed by atoms with Gasteiger partial charge in [0, 0.05) is 3.57 Å². The monoisotopic (exact) mass is 261 g/mol. The van der Waals surface area contributed by atoms with Gasteiger partial charge in [0.25, 0.3) is 0 Å². The molecule has 0 aliphatic heterocycles. The maximum Gasteiger partial charge on any atom is 0.249 e. The zero-order valence-electron chi connectivity index (χ0n) is 6.10. The summed E-state index contributed by atoms with van der Waals surface area (Å²) in [6, 6.07) is 5.63. The SMILES string of the molecule is Cc1ccc(I)c(C(N)=O)c1. The van der Waals surface area contributed by atoms with E-state index in [9.17, 15) is 4.79 Å². The van der Waals surface area contributed by atoms with E-state index in [4.69, 9.17) is 5.73 Å². The average Bonchev–Trinajstić information content (AvgIpc) is 1.94. The number of halogens is 1. The molecule has 0 atom stereocenters. The smallest absolute Gasteiger partial charge is 0.249 e. The van der Waals surface area contributed by atoms with Crippen LogP contribution in [0.4, 0.5) is 0 Å². The van der Waals surface area contributed by atoms with Crippen LogP contribution in [-0.2, 0) is 0 Å². The molecule has 0 bridgehead atoms. The van der Waals surface area contributed by atoms with Crippen LogP contribution in [0.5, 0.6) is 0 Å². The van der Waals surface area contributed by atoms with Gasteiger partial charge in [0.2, 0.25) is 5.91 Å². The quantitative estimate of drug-likeness (QED) is 0.768. The van der Waals surface area contributed by atoms with E-state index in [1.165, 1.54) is 0 Å². The molecule has 0 aliphatic rings. The van der Waals surface area contributed by atoms with Gasteiger partial charge in [0.15, 0.2) is 0 Å². The third-order valence-electron chi connectivity index (χ3n) is 1.39. The molecule has 11 heavy (non-hydrogen) atoms. The van der Waals surface area contributed by atoms with Crippen molar-refractivity contribution in [2.24, 2.45) is 5.73 Å². The number of hydrogen-bond acceptors (Lipinski definition) is 1. The summed E-state index contributed by atoms with van der Waals surface area (Å²) in [5, 5.41) is 0. The van der Waals surface area contributed by atoms with E-state index in [0.717, 1.165) is 9.13 Å². The number of carbonyl (C=O) groups is 1. The van der Waals surface area contributed by atoms with Crippen LogP contribution >= 0.6 is 22.6 Å². The lowest BCUT2D eigenvalue weighted by atomic mass is 10.1. The van der Waals surface area contributed by atoms with Crippen molar-refractivity contribution in [3.8, 4) is 0 Å². The first-order valence-corrected chi connectivity index (χ1v) is 4.25. The maximum atomic E-state index is 10.8. The topological polar surface area (TPSA) is 43.1 Å². The third-order valence-corrected chi connectivity index (χ3v) is 2.33. The summed E-state index contributed by atoms with van der Waals surface area (Å²) < 4.78 is 0.903. The zero-order chi connectivity index (χ0) is 8.43. The first-order chi connectivity index (χ1) is 5.11. The Labute approximate surface area is 78.9 Å². The second-order valence-corrected chi connectivity index (χ2v) is 3.51. The Morgan fingerprint density at radius 3 is 2.64 bits per heavy atom. The molecule has 2 nitrogen and oxygen atoms in total.